The molecule has 0 atom stereocenters. The maximum Gasteiger partial charge on any atom is 0.260 e. The van der Waals surface area contributed by atoms with Crippen LogP contribution in [0, 0.1) is 0 Å². The fourth-order valence-corrected chi connectivity index (χ4v) is 3.06. The van der Waals surface area contributed by atoms with Crippen LogP contribution in [0.25, 0.3) is 10.8 Å². The number of anilines is 2. The first-order valence-corrected chi connectivity index (χ1v) is 8.52. The predicted octanol–water partition coefficient (Wildman–Crippen LogP) is 3.03. The Bertz CT molecular complexity index is 935. The van der Waals surface area contributed by atoms with E-state index in [1.165, 1.54) is 0 Å². The van der Waals surface area contributed by atoms with Crippen LogP contribution in [-0.4, -0.2) is 42.3 Å². The fourth-order valence-electron chi connectivity index (χ4n) is 3.06. The molecule has 1 aliphatic heterocycles. The van der Waals surface area contributed by atoms with Gasteiger partial charge < -0.3 is 20.1 Å². The summed E-state index contributed by atoms with van der Waals surface area (Å²) in [5, 5.41) is 14.7. The molecule has 0 unspecified atom stereocenters. The van der Waals surface area contributed by atoms with E-state index < -0.39 is 0 Å². The lowest BCUT2D eigenvalue weighted by atomic mass is 10.1. The molecular weight excluding hydrogens is 330 g/mol. The highest BCUT2D eigenvalue weighted by Gasteiger charge is 2.15. The lowest BCUT2D eigenvalue weighted by Crippen LogP contribution is -2.36. The number of carbonyl (C=O) groups excluding carboxylic acids is 1. The lowest BCUT2D eigenvalue weighted by Gasteiger charge is -2.28. The summed E-state index contributed by atoms with van der Waals surface area (Å²) in [6, 6.07) is 14.5. The fraction of sp³-hybridized carbons (Fsp3) is 0.200. The van der Waals surface area contributed by atoms with Crippen LogP contribution in [0.5, 0.6) is 5.75 Å². The molecule has 26 heavy (non-hydrogen) atoms. The molecule has 1 saturated heterocycles. The Labute approximate surface area is 151 Å². The Morgan fingerprint density at radius 3 is 2.50 bits per heavy atom. The van der Waals surface area contributed by atoms with E-state index in [2.05, 4.69) is 15.2 Å². The number of hydrogen-bond acceptors (Lipinski definition) is 5. The minimum Gasteiger partial charge on any atom is -0.507 e. The number of hydrogen-bond donors (Lipinski definition) is 2. The van der Waals surface area contributed by atoms with Gasteiger partial charge in [0.2, 0.25) is 0 Å². The number of carbonyl (C=O) groups is 1. The average molecular weight is 349 g/mol. The van der Waals surface area contributed by atoms with Gasteiger partial charge in [0, 0.05) is 13.1 Å². The van der Waals surface area contributed by atoms with Gasteiger partial charge in [-0.1, -0.05) is 24.3 Å². The number of ether oxygens (including phenoxy) is 1. The monoisotopic (exact) mass is 349 g/mol. The van der Waals surface area contributed by atoms with Gasteiger partial charge in [0.05, 0.1) is 30.7 Å². The molecule has 0 aliphatic carbocycles. The van der Waals surface area contributed by atoms with Gasteiger partial charge in [-0.2, -0.15) is 0 Å². The molecule has 2 aromatic carbocycles. The van der Waals surface area contributed by atoms with Gasteiger partial charge in [0.25, 0.3) is 5.91 Å². The van der Waals surface area contributed by atoms with E-state index in [4.69, 9.17) is 4.74 Å². The normalized spacial score (nSPS) is 14.4. The van der Waals surface area contributed by atoms with Gasteiger partial charge >= 0.3 is 0 Å². The van der Waals surface area contributed by atoms with E-state index in [-0.39, 0.29) is 17.2 Å². The van der Waals surface area contributed by atoms with E-state index in [1.54, 1.807) is 24.4 Å². The van der Waals surface area contributed by atoms with Crippen molar-refractivity contribution in [2.45, 2.75) is 0 Å². The second-order valence-corrected chi connectivity index (χ2v) is 6.17. The summed E-state index contributed by atoms with van der Waals surface area (Å²) in [4.78, 5) is 19.0. The van der Waals surface area contributed by atoms with Crippen molar-refractivity contribution < 1.29 is 14.6 Å². The van der Waals surface area contributed by atoms with Crippen molar-refractivity contribution in [3.63, 3.8) is 0 Å². The number of benzene rings is 2. The molecule has 1 amide bonds. The van der Waals surface area contributed by atoms with E-state index in [0.29, 0.717) is 19.0 Å². The Hall–Kier alpha value is -3.12. The third-order valence-corrected chi connectivity index (χ3v) is 4.47. The zero-order valence-corrected chi connectivity index (χ0v) is 14.2. The standard InChI is InChI=1S/C20H19N3O3/c24-18-12-15-4-2-1-3-14(15)11-17(18)20(25)22-19-6-5-16(13-21-19)23-7-9-26-10-8-23/h1-6,11-13,24H,7-10H2,(H,21,22,25). The maximum atomic E-state index is 12.5. The summed E-state index contributed by atoms with van der Waals surface area (Å²) in [5.74, 6) is 0.00517. The summed E-state index contributed by atoms with van der Waals surface area (Å²) < 4.78 is 5.35. The highest BCUT2D eigenvalue weighted by Crippen LogP contribution is 2.26. The summed E-state index contributed by atoms with van der Waals surface area (Å²) in [6.45, 7) is 3.08. The Kier molecular flexibility index (Phi) is 4.41. The highest BCUT2D eigenvalue weighted by atomic mass is 16.5. The summed E-state index contributed by atoms with van der Waals surface area (Å²) >= 11 is 0. The molecular formula is C20H19N3O3. The first-order chi connectivity index (χ1) is 12.7. The van der Waals surface area contributed by atoms with Crippen LogP contribution in [0.2, 0.25) is 0 Å². The second kappa shape index (κ2) is 7.01. The van der Waals surface area contributed by atoms with Crippen molar-refractivity contribution >= 4 is 28.2 Å². The Morgan fingerprint density at radius 1 is 1.08 bits per heavy atom. The number of phenols is 1. The van der Waals surface area contributed by atoms with E-state index in [9.17, 15) is 9.90 Å². The number of nitrogens with one attached hydrogen (secondary N) is 1. The summed E-state index contributed by atoms with van der Waals surface area (Å²) in [7, 11) is 0. The molecule has 2 heterocycles. The number of nitrogens with zero attached hydrogens (tertiary/aromatic N) is 2. The van der Waals surface area contributed by atoms with Crippen molar-refractivity contribution in [3.8, 4) is 5.75 Å². The summed E-state index contributed by atoms with van der Waals surface area (Å²) in [6.07, 6.45) is 1.74. The molecule has 6 heteroatoms. The van der Waals surface area contributed by atoms with Crippen molar-refractivity contribution in [2.75, 3.05) is 36.5 Å². The minimum absolute atomic E-state index is 0.0499. The minimum atomic E-state index is -0.389. The average Bonchev–Trinajstić information content (AvgIpc) is 2.68. The van der Waals surface area contributed by atoms with E-state index in [1.807, 2.05) is 30.3 Å². The van der Waals surface area contributed by atoms with Gasteiger partial charge in [0.1, 0.15) is 11.6 Å². The zero-order valence-electron chi connectivity index (χ0n) is 14.2. The number of morpholine rings is 1. The number of amides is 1. The lowest BCUT2D eigenvalue weighted by molar-refractivity contribution is 0.102. The quantitative estimate of drug-likeness (QED) is 0.760. The molecule has 0 saturated carbocycles. The van der Waals surface area contributed by atoms with Crippen molar-refractivity contribution in [2.24, 2.45) is 0 Å². The number of pyridine rings is 1. The van der Waals surface area contributed by atoms with Crippen LogP contribution in [0.15, 0.2) is 54.7 Å². The SMILES string of the molecule is O=C(Nc1ccc(N2CCOCC2)cn1)c1cc2ccccc2cc1O. The van der Waals surface area contributed by atoms with Crippen molar-refractivity contribution in [1.82, 2.24) is 4.98 Å². The second-order valence-electron chi connectivity index (χ2n) is 6.17. The highest BCUT2D eigenvalue weighted by molar-refractivity contribution is 6.08. The number of rotatable bonds is 3. The molecule has 2 N–H and O–H groups in total. The van der Waals surface area contributed by atoms with Crippen LogP contribution < -0.4 is 10.2 Å². The predicted molar refractivity (Wildman–Crippen MR) is 101 cm³/mol. The number of aromatic nitrogens is 1. The maximum absolute atomic E-state index is 12.5. The summed E-state index contributed by atoms with van der Waals surface area (Å²) in [5.41, 5.74) is 1.22. The van der Waals surface area contributed by atoms with Crippen LogP contribution >= 0.6 is 0 Å². The van der Waals surface area contributed by atoms with Crippen LogP contribution in [0.1, 0.15) is 10.4 Å². The molecule has 1 fully saturated rings. The van der Waals surface area contributed by atoms with Crippen LogP contribution in [-0.2, 0) is 4.74 Å². The van der Waals surface area contributed by atoms with E-state index >= 15 is 0 Å². The third-order valence-electron chi connectivity index (χ3n) is 4.47. The largest absolute Gasteiger partial charge is 0.507 e. The van der Waals surface area contributed by atoms with Crippen molar-refractivity contribution in [1.29, 1.82) is 0 Å². The van der Waals surface area contributed by atoms with Gasteiger partial charge in [0.15, 0.2) is 0 Å². The molecule has 0 bridgehead atoms. The van der Waals surface area contributed by atoms with E-state index in [0.717, 1.165) is 29.5 Å². The number of fused-ring (bicyclic) bond motifs is 1. The number of phenolic OH excluding ortho intramolecular Hbond substituents is 1. The molecule has 6 nitrogen and oxygen atoms in total. The smallest absolute Gasteiger partial charge is 0.260 e. The first kappa shape index (κ1) is 16.4. The molecule has 1 aliphatic rings. The molecule has 3 aromatic rings. The van der Waals surface area contributed by atoms with Gasteiger partial charge in [-0.15, -0.1) is 0 Å². The zero-order chi connectivity index (χ0) is 17.9. The molecule has 132 valence electrons. The Balaban J connectivity index is 1.51. The molecule has 0 radical (unpaired) electrons. The Morgan fingerprint density at radius 2 is 1.81 bits per heavy atom. The van der Waals surface area contributed by atoms with Crippen LogP contribution in [0.3, 0.4) is 0 Å². The van der Waals surface area contributed by atoms with Gasteiger partial charge in [-0.05, 0) is 35.0 Å². The topological polar surface area (TPSA) is 74.7 Å². The number of aromatic hydroxyl groups is 1. The molecule has 0 spiro atoms. The van der Waals surface area contributed by atoms with Gasteiger partial charge in [-0.3, -0.25) is 4.79 Å². The van der Waals surface area contributed by atoms with Gasteiger partial charge in [-0.25, -0.2) is 4.98 Å². The van der Waals surface area contributed by atoms with Crippen molar-refractivity contribution in [3.05, 3.63) is 60.3 Å². The third kappa shape index (κ3) is 3.32. The molecule has 4 rings (SSSR count). The van der Waals surface area contributed by atoms with Crippen LogP contribution in [0.4, 0.5) is 11.5 Å². The first-order valence-electron chi connectivity index (χ1n) is 8.52. The molecule has 1 aromatic heterocycles.